The van der Waals surface area contributed by atoms with Crippen molar-refractivity contribution < 1.29 is 14.0 Å². The number of fused-ring (bicyclic) bond motifs is 1. The summed E-state index contributed by atoms with van der Waals surface area (Å²) < 4.78 is 14.7. The van der Waals surface area contributed by atoms with Gasteiger partial charge in [-0.05, 0) is 62.2 Å². The maximum absolute atomic E-state index is 13.4. The standard InChI is InChI=1S/C23H19FN2O3/c1-14-5-9-16(10-6-14)25-22(28)19-13-18-20(3-2-4-21(18)27)26(23(19)29)17-11-7-15(24)8-12-17/h5-13H,2-4H2,1H3,(H,25,28). The van der Waals surface area contributed by atoms with E-state index in [4.69, 9.17) is 0 Å². The first-order valence-electron chi connectivity index (χ1n) is 9.40. The molecule has 3 aromatic rings. The van der Waals surface area contributed by atoms with Crippen LogP contribution in [0.5, 0.6) is 0 Å². The molecule has 0 saturated carbocycles. The molecular formula is C23H19FN2O3. The zero-order chi connectivity index (χ0) is 20.5. The first kappa shape index (κ1) is 18.8. The van der Waals surface area contributed by atoms with E-state index in [0.717, 1.165) is 5.56 Å². The number of carbonyl (C=O) groups is 2. The van der Waals surface area contributed by atoms with Crippen molar-refractivity contribution >= 4 is 17.4 Å². The van der Waals surface area contributed by atoms with Crippen molar-refractivity contribution in [2.75, 3.05) is 5.32 Å². The maximum atomic E-state index is 13.4. The summed E-state index contributed by atoms with van der Waals surface area (Å²) in [5.41, 5.74) is 2.29. The first-order valence-corrected chi connectivity index (χ1v) is 9.40. The molecule has 0 atom stereocenters. The van der Waals surface area contributed by atoms with E-state index >= 15 is 0 Å². The summed E-state index contributed by atoms with van der Waals surface area (Å²) in [4.78, 5) is 38.6. The van der Waals surface area contributed by atoms with Crippen LogP contribution in [0.15, 0.2) is 59.4 Å². The van der Waals surface area contributed by atoms with Crippen LogP contribution in [0.2, 0.25) is 0 Å². The number of aryl methyl sites for hydroxylation is 1. The van der Waals surface area contributed by atoms with Crippen molar-refractivity contribution in [1.82, 2.24) is 4.57 Å². The van der Waals surface area contributed by atoms with E-state index in [-0.39, 0.29) is 11.3 Å². The lowest BCUT2D eigenvalue weighted by Crippen LogP contribution is -2.33. The summed E-state index contributed by atoms with van der Waals surface area (Å²) >= 11 is 0. The first-order chi connectivity index (χ1) is 13.9. The largest absolute Gasteiger partial charge is 0.322 e. The number of benzene rings is 2. The number of hydrogen-bond donors (Lipinski definition) is 1. The molecule has 0 spiro atoms. The van der Waals surface area contributed by atoms with Crippen LogP contribution >= 0.6 is 0 Å². The molecule has 1 N–H and O–H groups in total. The Balaban J connectivity index is 1.85. The van der Waals surface area contributed by atoms with E-state index in [0.29, 0.717) is 41.9 Å². The van der Waals surface area contributed by atoms with Gasteiger partial charge < -0.3 is 5.32 Å². The zero-order valence-corrected chi connectivity index (χ0v) is 15.9. The zero-order valence-electron chi connectivity index (χ0n) is 15.9. The van der Waals surface area contributed by atoms with Crippen LogP contribution in [0.3, 0.4) is 0 Å². The van der Waals surface area contributed by atoms with Gasteiger partial charge in [0.25, 0.3) is 11.5 Å². The molecule has 1 amide bonds. The van der Waals surface area contributed by atoms with E-state index in [1.807, 2.05) is 19.1 Å². The lowest BCUT2D eigenvalue weighted by Gasteiger charge is -2.21. The highest BCUT2D eigenvalue weighted by Crippen LogP contribution is 2.24. The van der Waals surface area contributed by atoms with Gasteiger partial charge in [-0.1, -0.05) is 17.7 Å². The minimum absolute atomic E-state index is 0.105. The smallest absolute Gasteiger partial charge is 0.268 e. The monoisotopic (exact) mass is 390 g/mol. The average molecular weight is 390 g/mol. The summed E-state index contributed by atoms with van der Waals surface area (Å²) in [6, 6.07) is 14.0. The van der Waals surface area contributed by atoms with E-state index in [9.17, 15) is 18.8 Å². The van der Waals surface area contributed by atoms with Gasteiger partial charge in [0.2, 0.25) is 0 Å². The topological polar surface area (TPSA) is 68.2 Å². The van der Waals surface area contributed by atoms with Gasteiger partial charge in [0.15, 0.2) is 5.78 Å². The Labute approximate surface area is 166 Å². The molecule has 1 aromatic heterocycles. The molecule has 0 radical (unpaired) electrons. The third-order valence-corrected chi connectivity index (χ3v) is 5.06. The van der Waals surface area contributed by atoms with Crippen LogP contribution in [0.25, 0.3) is 5.69 Å². The molecule has 0 bridgehead atoms. The summed E-state index contributed by atoms with van der Waals surface area (Å²) in [6.45, 7) is 1.93. The van der Waals surface area contributed by atoms with E-state index < -0.39 is 17.3 Å². The number of ketones is 1. The number of halogens is 1. The van der Waals surface area contributed by atoms with Gasteiger partial charge in [0.1, 0.15) is 11.4 Å². The highest BCUT2D eigenvalue weighted by molar-refractivity contribution is 6.06. The highest BCUT2D eigenvalue weighted by atomic mass is 19.1. The Morgan fingerprint density at radius 3 is 2.38 bits per heavy atom. The number of amides is 1. The number of nitrogens with zero attached hydrogens (tertiary/aromatic N) is 1. The SMILES string of the molecule is Cc1ccc(NC(=O)c2cc3c(n(-c4ccc(F)cc4)c2=O)CCCC3=O)cc1. The van der Waals surface area contributed by atoms with E-state index in [1.54, 1.807) is 12.1 Å². The molecule has 0 fully saturated rings. The van der Waals surface area contributed by atoms with Gasteiger partial charge in [0, 0.05) is 29.1 Å². The van der Waals surface area contributed by atoms with E-state index in [1.165, 1.54) is 34.9 Å². The number of carbonyl (C=O) groups excluding carboxylic acids is 2. The molecule has 1 aliphatic rings. The Hall–Kier alpha value is -3.54. The van der Waals surface area contributed by atoms with Gasteiger partial charge in [-0.3, -0.25) is 19.0 Å². The second kappa shape index (κ2) is 7.47. The van der Waals surface area contributed by atoms with Gasteiger partial charge in [0.05, 0.1) is 0 Å². The summed E-state index contributed by atoms with van der Waals surface area (Å²) in [5, 5.41) is 2.71. The summed E-state index contributed by atoms with van der Waals surface area (Å²) in [6.07, 6.45) is 1.53. The fraction of sp³-hybridized carbons (Fsp3) is 0.174. The number of nitrogens with one attached hydrogen (secondary N) is 1. The van der Waals surface area contributed by atoms with Gasteiger partial charge in [-0.25, -0.2) is 4.39 Å². The number of pyridine rings is 1. The second-order valence-corrected chi connectivity index (χ2v) is 7.13. The predicted molar refractivity (Wildman–Crippen MR) is 108 cm³/mol. The molecule has 146 valence electrons. The van der Waals surface area contributed by atoms with Crippen molar-refractivity contribution in [2.24, 2.45) is 0 Å². The van der Waals surface area contributed by atoms with E-state index in [2.05, 4.69) is 5.32 Å². The van der Waals surface area contributed by atoms with Crippen LogP contribution in [0.1, 0.15) is 44.8 Å². The summed E-state index contributed by atoms with van der Waals surface area (Å²) in [7, 11) is 0. The highest BCUT2D eigenvalue weighted by Gasteiger charge is 2.26. The van der Waals surface area contributed by atoms with Gasteiger partial charge >= 0.3 is 0 Å². The fourth-order valence-corrected chi connectivity index (χ4v) is 3.55. The van der Waals surface area contributed by atoms with Crippen LogP contribution in [-0.4, -0.2) is 16.3 Å². The lowest BCUT2D eigenvalue weighted by atomic mass is 9.92. The Kier molecular flexibility index (Phi) is 4.84. The number of anilines is 1. The normalized spacial score (nSPS) is 13.1. The van der Waals surface area contributed by atoms with Crippen molar-refractivity contribution in [3.63, 3.8) is 0 Å². The minimum Gasteiger partial charge on any atom is -0.322 e. The van der Waals surface area contributed by atoms with Crippen LogP contribution in [-0.2, 0) is 6.42 Å². The molecule has 1 heterocycles. The third kappa shape index (κ3) is 3.61. The number of hydrogen-bond acceptors (Lipinski definition) is 3. The fourth-order valence-electron chi connectivity index (χ4n) is 3.55. The van der Waals surface area contributed by atoms with Crippen LogP contribution < -0.4 is 10.9 Å². The summed E-state index contributed by atoms with van der Waals surface area (Å²) in [5.74, 6) is -1.12. The quantitative estimate of drug-likeness (QED) is 0.733. The molecule has 29 heavy (non-hydrogen) atoms. The average Bonchev–Trinajstić information content (AvgIpc) is 2.70. The molecular weight excluding hydrogens is 371 g/mol. The molecule has 1 aliphatic carbocycles. The van der Waals surface area contributed by atoms with Crippen molar-refractivity contribution in [3.05, 3.63) is 93.2 Å². The third-order valence-electron chi connectivity index (χ3n) is 5.06. The Morgan fingerprint density at radius 1 is 1.00 bits per heavy atom. The van der Waals surface area contributed by atoms with Gasteiger partial charge in [-0.2, -0.15) is 0 Å². The molecule has 5 nitrogen and oxygen atoms in total. The number of aromatic nitrogens is 1. The second-order valence-electron chi connectivity index (χ2n) is 7.13. The Bertz CT molecular complexity index is 1160. The van der Waals surface area contributed by atoms with Crippen molar-refractivity contribution in [1.29, 1.82) is 0 Å². The molecule has 0 saturated heterocycles. The van der Waals surface area contributed by atoms with Crippen molar-refractivity contribution in [3.8, 4) is 5.69 Å². The lowest BCUT2D eigenvalue weighted by molar-refractivity contribution is 0.0971. The predicted octanol–water partition coefficient (Wildman–Crippen LogP) is 4.06. The molecule has 2 aromatic carbocycles. The van der Waals surface area contributed by atoms with Crippen LogP contribution in [0, 0.1) is 12.7 Å². The molecule has 4 rings (SSSR count). The van der Waals surface area contributed by atoms with Gasteiger partial charge in [-0.15, -0.1) is 0 Å². The number of rotatable bonds is 3. The molecule has 6 heteroatoms. The molecule has 0 aliphatic heterocycles. The number of Topliss-reactive ketones (excluding diaryl/α,β-unsaturated/α-hetero) is 1. The maximum Gasteiger partial charge on any atom is 0.268 e. The van der Waals surface area contributed by atoms with Crippen molar-refractivity contribution in [2.45, 2.75) is 26.2 Å². The molecule has 0 unspecified atom stereocenters. The Morgan fingerprint density at radius 2 is 1.69 bits per heavy atom. The van der Waals surface area contributed by atoms with Crippen LogP contribution in [0.4, 0.5) is 10.1 Å². The minimum atomic E-state index is -0.587.